The first-order chi connectivity index (χ1) is 14.0. The minimum atomic E-state index is -0.421. The van der Waals surface area contributed by atoms with Crippen LogP contribution in [0.1, 0.15) is 37.8 Å². The lowest BCUT2D eigenvalue weighted by Crippen LogP contribution is -2.50. The van der Waals surface area contributed by atoms with Gasteiger partial charge in [-0.3, -0.25) is 9.59 Å². The van der Waals surface area contributed by atoms with Crippen molar-refractivity contribution in [3.8, 4) is 0 Å². The molecule has 156 valence electrons. The smallest absolute Gasteiger partial charge is 0.242 e. The summed E-state index contributed by atoms with van der Waals surface area (Å²) in [6.45, 7) is 7.05. The number of likely N-dealkylation sites (N-methyl/N-ethyl adjacent to an activating group) is 1. The molecule has 4 nitrogen and oxygen atoms in total. The van der Waals surface area contributed by atoms with Crippen LogP contribution in [0.3, 0.4) is 0 Å². The van der Waals surface area contributed by atoms with Crippen molar-refractivity contribution >= 4 is 23.6 Å². The molecule has 0 saturated heterocycles. The topological polar surface area (TPSA) is 49.4 Å². The molecule has 2 aromatic carbocycles. The Balaban J connectivity index is 2.02. The van der Waals surface area contributed by atoms with E-state index in [-0.39, 0.29) is 11.8 Å². The van der Waals surface area contributed by atoms with E-state index >= 15 is 0 Å². The van der Waals surface area contributed by atoms with Crippen LogP contribution in [0.15, 0.2) is 59.5 Å². The van der Waals surface area contributed by atoms with Crippen molar-refractivity contribution in [2.45, 2.75) is 51.0 Å². The number of hydrogen-bond donors (Lipinski definition) is 1. The summed E-state index contributed by atoms with van der Waals surface area (Å²) in [4.78, 5) is 28.5. The van der Waals surface area contributed by atoms with Crippen LogP contribution in [-0.4, -0.2) is 41.6 Å². The Morgan fingerprint density at radius 1 is 1.03 bits per heavy atom. The molecule has 0 heterocycles. The third kappa shape index (κ3) is 7.58. The number of nitrogens with one attached hydrogen (secondary N) is 1. The fraction of sp³-hybridized carbons (Fsp3) is 0.417. The molecule has 0 bridgehead atoms. The van der Waals surface area contributed by atoms with E-state index in [1.807, 2.05) is 32.0 Å². The lowest BCUT2D eigenvalue weighted by atomic mass is 10.1. The lowest BCUT2D eigenvalue weighted by Gasteiger charge is -2.30. The third-order valence-electron chi connectivity index (χ3n) is 4.83. The summed E-state index contributed by atoms with van der Waals surface area (Å²) >= 11 is 1.68. The van der Waals surface area contributed by atoms with E-state index in [0.717, 1.165) is 11.3 Å². The molecule has 1 N–H and O–H groups in total. The van der Waals surface area contributed by atoms with Gasteiger partial charge in [0.2, 0.25) is 11.8 Å². The number of carbonyl (C=O) groups excluding carboxylic acids is 2. The molecule has 0 aromatic heterocycles. The second-order valence-electron chi connectivity index (χ2n) is 7.05. The molecule has 5 heteroatoms. The summed E-state index contributed by atoms with van der Waals surface area (Å²) in [6.07, 6.45) is 1.77. The van der Waals surface area contributed by atoms with Crippen LogP contribution in [0.2, 0.25) is 0 Å². The van der Waals surface area contributed by atoms with Crippen molar-refractivity contribution in [2.75, 3.05) is 18.8 Å². The number of nitrogens with zero attached hydrogens (tertiary/aromatic N) is 1. The molecule has 0 saturated carbocycles. The first-order valence-corrected chi connectivity index (χ1v) is 11.3. The van der Waals surface area contributed by atoms with Gasteiger partial charge in [-0.2, -0.15) is 0 Å². The van der Waals surface area contributed by atoms with Crippen LogP contribution in [0.5, 0.6) is 0 Å². The highest BCUT2D eigenvalue weighted by atomic mass is 32.2. The first-order valence-electron chi connectivity index (χ1n) is 10.4. The molecule has 0 unspecified atom stereocenters. The predicted octanol–water partition coefficient (Wildman–Crippen LogP) is 4.46. The molecule has 0 aliphatic heterocycles. The molecule has 0 fully saturated rings. The third-order valence-corrected chi connectivity index (χ3v) is 5.84. The van der Waals surface area contributed by atoms with Gasteiger partial charge >= 0.3 is 0 Å². The van der Waals surface area contributed by atoms with Gasteiger partial charge in [-0.15, -0.1) is 11.8 Å². The van der Waals surface area contributed by atoms with Crippen LogP contribution in [0.4, 0.5) is 0 Å². The molecule has 0 aliphatic rings. The van der Waals surface area contributed by atoms with Crippen molar-refractivity contribution in [1.29, 1.82) is 0 Å². The Hall–Kier alpha value is -2.27. The summed E-state index contributed by atoms with van der Waals surface area (Å²) in [7, 11) is 0. The van der Waals surface area contributed by atoms with Crippen LogP contribution in [-0.2, 0) is 16.0 Å². The quantitative estimate of drug-likeness (QED) is 0.554. The Bertz CT molecular complexity index is 762. The zero-order valence-electron chi connectivity index (χ0n) is 17.7. The van der Waals surface area contributed by atoms with Gasteiger partial charge in [0.15, 0.2) is 0 Å². The maximum atomic E-state index is 13.1. The molecule has 1 atom stereocenters. The van der Waals surface area contributed by atoms with Crippen molar-refractivity contribution in [3.63, 3.8) is 0 Å². The standard InChI is InChI=1S/C24H32N2O2S/c1-4-22(24(28)25-5-2)26(17-15-20-9-7-6-8-10-20)23(27)16-18-29-21-13-11-19(3)12-14-21/h6-14,22H,4-5,15-18H2,1-3H3,(H,25,28)/t22-/m0/s1. The highest BCUT2D eigenvalue weighted by Gasteiger charge is 2.27. The summed E-state index contributed by atoms with van der Waals surface area (Å²) in [6, 6.07) is 18.0. The Labute approximate surface area is 179 Å². The van der Waals surface area contributed by atoms with Crippen molar-refractivity contribution in [1.82, 2.24) is 10.2 Å². The van der Waals surface area contributed by atoms with E-state index in [1.165, 1.54) is 11.1 Å². The van der Waals surface area contributed by atoms with Crippen LogP contribution in [0.25, 0.3) is 0 Å². The Kier molecular flexibility index (Phi) is 9.78. The minimum absolute atomic E-state index is 0.0404. The molecule has 2 amide bonds. The molecule has 2 aromatic rings. The SMILES string of the molecule is CCNC(=O)[C@H](CC)N(CCc1ccccc1)C(=O)CCSc1ccc(C)cc1. The molecular formula is C24H32N2O2S. The van der Waals surface area contributed by atoms with Crippen LogP contribution >= 0.6 is 11.8 Å². The van der Waals surface area contributed by atoms with Crippen LogP contribution < -0.4 is 5.32 Å². The van der Waals surface area contributed by atoms with E-state index < -0.39 is 6.04 Å². The van der Waals surface area contributed by atoms with Crippen molar-refractivity contribution in [3.05, 3.63) is 65.7 Å². The number of carbonyl (C=O) groups is 2. The van der Waals surface area contributed by atoms with Gasteiger partial charge in [0, 0.05) is 30.2 Å². The molecule has 2 rings (SSSR count). The fourth-order valence-corrected chi connectivity index (χ4v) is 4.06. The zero-order chi connectivity index (χ0) is 21.1. The van der Waals surface area contributed by atoms with E-state index in [4.69, 9.17) is 0 Å². The monoisotopic (exact) mass is 412 g/mol. The van der Waals surface area contributed by atoms with E-state index in [1.54, 1.807) is 16.7 Å². The number of amides is 2. The molecule has 0 aliphatic carbocycles. The van der Waals surface area contributed by atoms with Gasteiger partial charge < -0.3 is 10.2 Å². The number of benzene rings is 2. The fourth-order valence-electron chi connectivity index (χ4n) is 3.22. The van der Waals surface area contributed by atoms with E-state index in [2.05, 4.69) is 48.6 Å². The van der Waals surface area contributed by atoms with E-state index in [9.17, 15) is 9.59 Å². The first kappa shape index (κ1) is 23.0. The summed E-state index contributed by atoms with van der Waals surface area (Å²) < 4.78 is 0. The number of thioether (sulfide) groups is 1. The second kappa shape index (κ2) is 12.3. The normalized spacial score (nSPS) is 11.7. The van der Waals surface area contributed by atoms with Gasteiger partial charge in [0.05, 0.1) is 0 Å². The molecule has 29 heavy (non-hydrogen) atoms. The summed E-state index contributed by atoms with van der Waals surface area (Å²) in [5, 5.41) is 2.88. The maximum Gasteiger partial charge on any atom is 0.242 e. The zero-order valence-corrected chi connectivity index (χ0v) is 18.5. The maximum absolute atomic E-state index is 13.1. The summed E-state index contributed by atoms with van der Waals surface area (Å²) in [5.41, 5.74) is 2.40. The predicted molar refractivity (Wildman–Crippen MR) is 121 cm³/mol. The second-order valence-corrected chi connectivity index (χ2v) is 8.22. The largest absolute Gasteiger partial charge is 0.355 e. The van der Waals surface area contributed by atoms with Crippen LogP contribution in [0, 0.1) is 6.92 Å². The highest BCUT2D eigenvalue weighted by molar-refractivity contribution is 7.99. The van der Waals surface area contributed by atoms with Crippen molar-refractivity contribution < 1.29 is 9.59 Å². The highest BCUT2D eigenvalue weighted by Crippen LogP contribution is 2.20. The number of hydrogen-bond acceptors (Lipinski definition) is 3. The minimum Gasteiger partial charge on any atom is -0.355 e. The van der Waals surface area contributed by atoms with E-state index in [0.29, 0.717) is 31.7 Å². The van der Waals surface area contributed by atoms with Gasteiger partial charge in [0.1, 0.15) is 6.04 Å². The number of aryl methyl sites for hydroxylation is 1. The van der Waals surface area contributed by atoms with Gasteiger partial charge in [0.25, 0.3) is 0 Å². The Morgan fingerprint density at radius 2 is 1.72 bits per heavy atom. The van der Waals surface area contributed by atoms with Gasteiger partial charge in [-0.05, 0) is 44.4 Å². The molecular weight excluding hydrogens is 380 g/mol. The average molecular weight is 413 g/mol. The van der Waals surface area contributed by atoms with Gasteiger partial charge in [-0.1, -0.05) is 55.0 Å². The molecule has 0 radical (unpaired) electrons. The Morgan fingerprint density at radius 3 is 2.34 bits per heavy atom. The number of rotatable bonds is 11. The lowest BCUT2D eigenvalue weighted by molar-refractivity contribution is -0.140. The molecule has 0 spiro atoms. The van der Waals surface area contributed by atoms with Gasteiger partial charge in [-0.25, -0.2) is 0 Å². The summed E-state index contributed by atoms with van der Waals surface area (Å²) in [5.74, 6) is 0.677. The van der Waals surface area contributed by atoms with Crippen molar-refractivity contribution in [2.24, 2.45) is 0 Å². The average Bonchev–Trinajstić information content (AvgIpc) is 2.73.